The van der Waals surface area contributed by atoms with Crippen LogP contribution in [-0.2, 0) is 0 Å². The molecular formula is C16H26N2O. The number of benzene rings is 1. The summed E-state index contributed by atoms with van der Waals surface area (Å²) in [7, 11) is 0. The van der Waals surface area contributed by atoms with Crippen LogP contribution in [0.15, 0.2) is 24.3 Å². The van der Waals surface area contributed by atoms with Crippen molar-refractivity contribution in [3.05, 3.63) is 29.8 Å². The minimum Gasteiger partial charge on any atom is -0.391 e. The fourth-order valence-electron chi connectivity index (χ4n) is 2.96. The summed E-state index contributed by atoms with van der Waals surface area (Å²) >= 11 is 0. The Bertz CT molecular complexity index is 394. The minimum atomic E-state index is -0.180. The first kappa shape index (κ1) is 14.4. The molecule has 2 atom stereocenters. The Labute approximate surface area is 116 Å². The van der Waals surface area contributed by atoms with Gasteiger partial charge in [-0.15, -0.1) is 0 Å². The molecule has 3 nitrogen and oxygen atoms in total. The highest BCUT2D eigenvalue weighted by atomic mass is 16.3. The maximum atomic E-state index is 9.87. The number of nitrogens with one attached hydrogen (secondary N) is 1. The van der Waals surface area contributed by atoms with Crippen LogP contribution in [0.25, 0.3) is 0 Å². The largest absolute Gasteiger partial charge is 0.391 e. The normalized spacial score (nSPS) is 21.4. The van der Waals surface area contributed by atoms with E-state index in [9.17, 15) is 5.11 Å². The topological polar surface area (TPSA) is 35.5 Å². The van der Waals surface area contributed by atoms with E-state index in [1.165, 1.54) is 11.3 Å². The number of nitrogens with zero attached hydrogens (tertiary/aromatic N) is 1. The average molecular weight is 262 g/mol. The summed E-state index contributed by atoms with van der Waals surface area (Å²) in [4.78, 5) is 2.34. The molecule has 1 aliphatic rings. The first-order valence-electron chi connectivity index (χ1n) is 7.51. The molecular weight excluding hydrogens is 236 g/mol. The van der Waals surface area contributed by atoms with Crippen LogP contribution in [-0.4, -0.2) is 30.8 Å². The van der Waals surface area contributed by atoms with Gasteiger partial charge in [-0.1, -0.05) is 32.0 Å². The van der Waals surface area contributed by atoms with Gasteiger partial charge in [-0.3, -0.25) is 0 Å². The first-order valence-corrected chi connectivity index (χ1v) is 7.51. The molecule has 2 rings (SSSR count). The number of para-hydroxylation sites is 1. The number of hydrogen-bond donors (Lipinski definition) is 2. The smallest absolute Gasteiger partial charge is 0.0715 e. The average Bonchev–Trinajstić information content (AvgIpc) is 2.45. The Hall–Kier alpha value is -1.06. The molecule has 1 heterocycles. The summed E-state index contributed by atoms with van der Waals surface area (Å²) in [6.07, 6.45) is 2.92. The third-order valence-corrected chi connectivity index (χ3v) is 3.91. The van der Waals surface area contributed by atoms with Crippen LogP contribution in [0.5, 0.6) is 0 Å². The lowest BCUT2D eigenvalue weighted by Gasteiger charge is -2.34. The van der Waals surface area contributed by atoms with Crippen molar-refractivity contribution >= 4 is 5.69 Å². The monoisotopic (exact) mass is 262 g/mol. The molecule has 0 aromatic heterocycles. The number of piperidine rings is 1. The molecule has 0 amide bonds. The molecule has 0 saturated carbocycles. The van der Waals surface area contributed by atoms with Gasteiger partial charge in [0.05, 0.1) is 6.10 Å². The number of hydrogen-bond acceptors (Lipinski definition) is 3. The number of β-amino-alcohol motifs (C(OH)–C–C–N with tert-alkyl or cyclic N) is 1. The predicted molar refractivity (Wildman–Crippen MR) is 80.6 cm³/mol. The molecule has 1 aliphatic heterocycles. The lowest BCUT2D eigenvalue weighted by molar-refractivity contribution is 0.154. The third kappa shape index (κ3) is 3.48. The van der Waals surface area contributed by atoms with Gasteiger partial charge < -0.3 is 15.3 Å². The van der Waals surface area contributed by atoms with E-state index in [-0.39, 0.29) is 6.10 Å². The van der Waals surface area contributed by atoms with E-state index in [1.807, 2.05) is 0 Å². The maximum absolute atomic E-state index is 9.87. The summed E-state index contributed by atoms with van der Waals surface area (Å²) in [5.74, 6) is 0. The summed E-state index contributed by atoms with van der Waals surface area (Å²) in [6.45, 7) is 7.16. The van der Waals surface area contributed by atoms with Crippen molar-refractivity contribution in [2.75, 3.05) is 24.5 Å². The maximum Gasteiger partial charge on any atom is 0.0715 e. The van der Waals surface area contributed by atoms with Crippen LogP contribution in [0, 0.1) is 0 Å². The summed E-state index contributed by atoms with van der Waals surface area (Å²) in [5, 5.41) is 13.4. The molecule has 106 valence electrons. The van der Waals surface area contributed by atoms with Gasteiger partial charge in [0.25, 0.3) is 0 Å². The van der Waals surface area contributed by atoms with E-state index in [2.05, 4.69) is 48.3 Å². The number of aliphatic hydroxyl groups excluding tert-OH is 1. The van der Waals surface area contributed by atoms with Crippen LogP contribution in [0.3, 0.4) is 0 Å². The second-order valence-corrected chi connectivity index (χ2v) is 5.32. The van der Waals surface area contributed by atoms with Crippen LogP contribution < -0.4 is 10.2 Å². The van der Waals surface area contributed by atoms with E-state index in [0.717, 1.165) is 38.9 Å². The van der Waals surface area contributed by atoms with Gasteiger partial charge in [-0.2, -0.15) is 0 Å². The zero-order valence-electron chi connectivity index (χ0n) is 12.1. The van der Waals surface area contributed by atoms with Crippen molar-refractivity contribution in [1.29, 1.82) is 0 Å². The van der Waals surface area contributed by atoms with E-state index in [0.29, 0.717) is 6.04 Å². The van der Waals surface area contributed by atoms with Gasteiger partial charge in [-0.25, -0.2) is 0 Å². The Balaban J connectivity index is 2.24. The highest BCUT2D eigenvalue weighted by molar-refractivity contribution is 5.55. The second-order valence-electron chi connectivity index (χ2n) is 5.32. The molecule has 19 heavy (non-hydrogen) atoms. The minimum absolute atomic E-state index is 0.180. The molecule has 0 radical (unpaired) electrons. The molecule has 0 aliphatic carbocycles. The summed E-state index contributed by atoms with van der Waals surface area (Å²) in [5.41, 5.74) is 2.65. The Morgan fingerprint density at radius 2 is 2.16 bits per heavy atom. The number of anilines is 1. The first-order chi connectivity index (χ1) is 9.26. The molecule has 1 saturated heterocycles. The van der Waals surface area contributed by atoms with Crippen molar-refractivity contribution in [3.8, 4) is 0 Å². The number of rotatable bonds is 5. The molecule has 0 bridgehead atoms. The highest BCUT2D eigenvalue weighted by Gasteiger charge is 2.21. The fourth-order valence-corrected chi connectivity index (χ4v) is 2.96. The van der Waals surface area contributed by atoms with Crippen LogP contribution in [0.1, 0.15) is 44.7 Å². The van der Waals surface area contributed by atoms with Gasteiger partial charge in [0, 0.05) is 24.8 Å². The van der Waals surface area contributed by atoms with Crippen molar-refractivity contribution in [1.82, 2.24) is 5.32 Å². The van der Waals surface area contributed by atoms with Gasteiger partial charge in [0.15, 0.2) is 0 Å². The van der Waals surface area contributed by atoms with E-state index in [1.54, 1.807) is 0 Å². The Morgan fingerprint density at radius 1 is 1.37 bits per heavy atom. The van der Waals surface area contributed by atoms with E-state index >= 15 is 0 Å². The lowest BCUT2D eigenvalue weighted by atomic mass is 9.99. The third-order valence-electron chi connectivity index (χ3n) is 3.91. The molecule has 1 aromatic carbocycles. The second kappa shape index (κ2) is 6.92. The standard InChI is InChI=1S/C16H26N2O/c1-3-15(17-4-2)14-9-5-6-10-16(14)18-11-7-8-13(19)12-18/h5-6,9-10,13,15,17,19H,3-4,7-8,11-12H2,1-2H3. The van der Waals surface area contributed by atoms with Gasteiger partial charge in [0.1, 0.15) is 0 Å². The number of aliphatic hydroxyl groups is 1. The molecule has 3 heteroatoms. The SMILES string of the molecule is CCNC(CC)c1ccccc1N1CCCC(O)C1. The van der Waals surface area contributed by atoms with Crippen molar-refractivity contribution < 1.29 is 5.11 Å². The predicted octanol–water partition coefficient (Wildman–Crippen LogP) is 2.71. The van der Waals surface area contributed by atoms with Gasteiger partial charge in [0.2, 0.25) is 0 Å². The Kier molecular flexibility index (Phi) is 5.23. The van der Waals surface area contributed by atoms with Crippen molar-refractivity contribution in [2.24, 2.45) is 0 Å². The van der Waals surface area contributed by atoms with Gasteiger partial charge >= 0.3 is 0 Å². The molecule has 2 unspecified atom stereocenters. The van der Waals surface area contributed by atoms with Crippen molar-refractivity contribution in [2.45, 2.75) is 45.3 Å². The van der Waals surface area contributed by atoms with Crippen LogP contribution in [0.2, 0.25) is 0 Å². The molecule has 1 aromatic rings. The highest BCUT2D eigenvalue weighted by Crippen LogP contribution is 2.30. The zero-order chi connectivity index (χ0) is 13.7. The summed E-state index contributed by atoms with van der Waals surface area (Å²) in [6, 6.07) is 9.01. The van der Waals surface area contributed by atoms with Crippen LogP contribution in [0.4, 0.5) is 5.69 Å². The molecule has 2 N–H and O–H groups in total. The van der Waals surface area contributed by atoms with E-state index in [4.69, 9.17) is 0 Å². The van der Waals surface area contributed by atoms with Crippen LogP contribution >= 0.6 is 0 Å². The zero-order valence-corrected chi connectivity index (χ0v) is 12.1. The Morgan fingerprint density at radius 3 is 2.84 bits per heavy atom. The lowest BCUT2D eigenvalue weighted by Crippen LogP contribution is -2.39. The molecule has 1 fully saturated rings. The molecule has 0 spiro atoms. The summed E-state index contributed by atoms with van der Waals surface area (Å²) < 4.78 is 0. The fraction of sp³-hybridized carbons (Fsp3) is 0.625. The van der Waals surface area contributed by atoms with Gasteiger partial charge in [-0.05, 0) is 37.4 Å². The quantitative estimate of drug-likeness (QED) is 0.856. The van der Waals surface area contributed by atoms with Crippen molar-refractivity contribution in [3.63, 3.8) is 0 Å². The van der Waals surface area contributed by atoms with E-state index < -0.39 is 0 Å².